The first-order valence-electron chi connectivity index (χ1n) is 8.17. The van der Waals surface area contributed by atoms with Crippen LogP contribution in [0.15, 0.2) is 57.9 Å². The van der Waals surface area contributed by atoms with Crippen molar-refractivity contribution in [2.75, 3.05) is 24.5 Å². The molecule has 0 heterocycles. The molecule has 0 bridgehead atoms. The van der Waals surface area contributed by atoms with Crippen molar-refractivity contribution in [3.8, 4) is 0 Å². The van der Waals surface area contributed by atoms with Gasteiger partial charge in [-0.15, -0.1) is 0 Å². The van der Waals surface area contributed by atoms with Crippen molar-refractivity contribution in [3.05, 3.63) is 58.6 Å². The number of sulfonamides is 1. The third kappa shape index (κ3) is 6.12. The van der Waals surface area contributed by atoms with E-state index >= 15 is 0 Å². The van der Waals surface area contributed by atoms with E-state index in [-0.39, 0.29) is 10.8 Å². The Kier molecular flexibility index (Phi) is 7.62. The van der Waals surface area contributed by atoms with Crippen molar-refractivity contribution in [2.24, 2.45) is 0 Å². The highest BCUT2D eigenvalue weighted by Crippen LogP contribution is 2.19. The molecule has 0 fully saturated rings. The lowest BCUT2D eigenvalue weighted by Gasteiger charge is -2.10. The van der Waals surface area contributed by atoms with Crippen molar-refractivity contribution in [2.45, 2.75) is 18.2 Å². The monoisotopic (exact) mass is 440 g/mol. The van der Waals surface area contributed by atoms with E-state index in [1.807, 2.05) is 6.92 Å². The molecule has 1 amide bonds. The first-order chi connectivity index (χ1) is 12.4. The molecule has 0 saturated heterocycles. The quantitative estimate of drug-likeness (QED) is 0.585. The second kappa shape index (κ2) is 9.70. The largest absolute Gasteiger partial charge is 0.382 e. The summed E-state index contributed by atoms with van der Waals surface area (Å²) in [4.78, 5) is 12.3. The molecule has 140 valence electrons. The van der Waals surface area contributed by atoms with Crippen molar-refractivity contribution in [3.63, 3.8) is 0 Å². The molecule has 0 unspecified atom stereocenters. The van der Waals surface area contributed by atoms with Gasteiger partial charge in [0, 0.05) is 35.5 Å². The number of benzene rings is 2. The summed E-state index contributed by atoms with van der Waals surface area (Å²) in [5.41, 5.74) is 0.715. The number of nitrogens with one attached hydrogen (secondary N) is 2. The van der Waals surface area contributed by atoms with Crippen molar-refractivity contribution >= 4 is 37.5 Å². The highest BCUT2D eigenvalue weighted by molar-refractivity contribution is 9.10. The van der Waals surface area contributed by atoms with Gasteiger partial charge in [0.15, 0.2) is 0 Å². The summed E-state index contributed by atoms with van der Waals surface area (Å²) in [5, 5.41) is 2.78. The fraction of sp³-hybridized carbons (Fsp3) is 0.278. The zero-order valence-corrected chi connectivity index (χ0v) is 16.8. The van der Waals surface area contributed by atoms with E-state index in [1.54, 1.807) is 30.3 Å². The fourth-order valence-corrected chi connectivity index (χ4v) is 3.49. The first kappa shape index (κ1) is 20.4. The van der Waals surface area contributed by atoms with Crippen LogP contribution in [-0.4, -0.2) is 34.1 Å². The van der Waals surface area contributed by atoms with Crippen molar-refractivity contribution < 1.29 is 17.9 Å². The Hall–Kier alpha value is -1.90. The molecule has 2 aromatic carbocycles. The summed E-state index contributed by atoms with van der Waals surface area (Å²) >= 11 is 3.27. The molecule has 0 saturated carbocycles. The van der Waals surface area contributed by atoms with Gasteiger partial charge >= 0.3 is 0 Å². The number of hydrogen-bond donors (Lipinski definition) is 2. The Morgan fingerprint density at radius 2 is 1.88 bits per heavy atom. The van der Waals surface area contributed by atoms with E-state index in [0.29, 0.717) is 31.0 Å². The van der Waals surface area contributed by atoms with Gasteiger partial charge in [-0.05, 0) is 55.8 Å². The predicted molar refractivity (Wildman–Crippen MR) is 105 cm³/mol. The standard InChI is InChI=1S/C18H21BrN2O4S/c1-2-25-12-4-11-20-18(22)14-5-3-6-16(13-14)21-26(23,24)17-9-7-15(19)8-10-17/h3,5-10,13,21H,2,4,11-12H2,1H3,(H,20,22). The van der Waals surface area contributed by atoms with Gasteiger partial charge in [-0.1, -0.05) is 22.0 Å². The van der Waals surface area contributed by atoms with Gasteiger partial charge in [0.25, 0.3) is 15.9 Å². The van der Waals surface area contributed by atoms with Gasteiger partial charge in [0.05, 0.1) is 4.90 Å². The lowest BCUT2D eigenvalue weighted by atomic mass is 10.2. The first-order valence-corrected chi connectivity index (χ1v) is 10.4. The topological polar surface area (TPSA) is 84.5 Å². The van der Waals surface area contributed by atoms with Crippen molar-refractivity contribution in [1.82, 2.24) is 5.32 Å². The van der Waals surface area contributed by atoms with Crippen LogP contribution in [-0.2, 0) is 14.8 Å². The van der Waals surface area contributed by atoms with E-state index in [1.165, 1.54) is 18.2 Å². The maximum Gasteiger partial charge on any atom is 0.261 e. The van der Waals surface area contributed by atoms with Crippen LogP contribution in [0.5, 0.6) is 0 Å². The third-order valence-electron chi connectivity index (χ3n) is 3.46. The molecule has 0 radical (unpaired) electrons. The molecular formula is C18H21BrN2O4S. The van der Waals surface area contributed by atoms with Crippen LogP contribution >= 0.6 is 15.9 Å². The lowest BCUT2D eigenvalue weighted by Crippen LogP contribution is -2.25. The number of hydrogen-bond acceptors (Lipinski definition) is 4. The van der Waals surface area contributed by atoms with E-state index in [4.69, 9.17) is 4.74 Å². The van der Waals surface area contributed by atoms with Crippen LogP contribution in [0.1, 0.15) is 23.7 Å². The zero-order chi connectivity index (χ0) is 19.0. The molecule has 2 N–H and O–H groups in total. The molecule has 26 heavy (non-hydrogen) atoms. The SMILES string of the molecule is CCOCCCNC(=O)c1cccc(NS(=O)(=O)c2ccc(Br)cc2)c1. The van der Waals surface area contributed by atoms with Gasteiger partial charge in [-0.25, -0.2) is 8.42 Å². The molecular weight excluding hydrogens is 420 g/mol. The molecule has 0 aliphatic rings. The second-order valence-corrected chi connectivity index (χ2v) is 8.04. The molecule has 6 nitrogen and oxygen atoms in total. The minimum absolute atomic E-state index is 0.145. The Balaban J connectivity index is 2.02. The predicted octanol–water partition coefficient (Wildman–Crippen LogP) is 3.41. The lowest BCUT2D eigenvalue weighted by molar-refractivity contribution is 0.0944. The molecule has 0 spiro atoms. The minimum atomic E-state index is -3.72. The number of carbonyl (C=O) groups is 1. The Morgan fingerprint density at radius 1 is 1.15 bits per heavy atom. The molecule has 0 atom stereocenters. The summed E-state index contributed by atoms with van der Waals surface area (Å²) in [7, 11) is -3.72. The van der Waals surface area contributed by atoms with Gasteiger partial charge in [0.1, 0.15) is 0 Å². The summed E-state index contributed by atoms with van der Waals surface area (Å²) in [6, 6.07) is 12.7. The van der Waals surface area contributed by atoms with Crippen LogP contribution in [0.4, 0.5) is 5.69 Å². The Labute approximate surface area is 162 Å². The number of rotatable bonds is 9. The second-order valence-electron chi connectivity index (χ2n) is 5.45. The van der Waals surface area contributed by atoms with E-state index in [9.17, 15) is 13.2 Å². The number of carbonyl (C=O) groups excluding carboxylic acids is 1. The summed E-state index contributed by atoms with van der Waals surface area (Å²) in [6.07, 6.45) is 0.718. The van der Waals surface area contributed by atoms with Crippen LogP contribution in [0.2, 0.25) is 0 Å². The minimum Gasteiger partial charge on any atom is -0.382 e. The average molecular weight is 441 g/mol. The zero-order valence-electron chi connectivity index (χ0n) is 14.4. The van der Waals surface area contributed by atoms with Crippen molar-refractivity contribution in [1.29, 1.82) is 0 Å². The van der Waals surface area contributed by atoms with Crippen LogP contribution in [0.3, 0.4) is 0 Å². The van der Waals surface area contributed by atoms with Gasteiger partial charge in [-0.2, -0.15) is 0 Å². The number of anilines is 1. The molecule has 8 heteroatoms. The van der Waals surface area contributed by atoms with Gasteiger partial charge in [-0.3, -0.25) is 9.52 Å². The number of ether oxygens (including phenoxy) is 1. The van der Waals surface area contributed by atoms with Gasteiger partial charge in [0.2, 0.25) is 0 Å². The molecule has 2 aromatic rings. The smallest absolute Gasteiger partial charge is 0.261 e. The molecule has 0 aliphatic carbocycles. The highest BCUT2D eigenvalue weighted by atomic mass is 79.9. The van der Waals surface area contributed by atoms with Gasteiger partial charge < -0.3 is 10.1 Å². The average Bonchev–Trinajstić information content (AvgIpc) is 2.61. The Bertz CT molecular complexity index is 839. The molecule has 0 aliphatic heterocycles. The fourth-order valence-electron chi connectivity index (χ4n) is 2.17. The summed E-state index contributed by atoms with van der Waals surface area (Å²) in [6.45, 7) is 3.64. The van der Waals surface area contributed by atoms with E-state index in [0.717, 1.165) is 10.9 Å². The van der Waals surface area contributed by atoms with Crippen LogP contribution in [0, 0.1) is 0 Å². The number of amides is 1. The van der Waals surface area contributed by atoms with Crippen LogP contribution in [0.25, 0.3) is 0 Å². The summed E-state index contributed by atoms with van der Waals surface area (Å²) < 4.78 is 33.3. The maximum absolute atomic E-state index is 12.4. The third-order valence-corrected chi connectivity index (χ3v) is 5.38. The molecule has 0 aromatic heterocycles. The maximum atomic E-state index is 12.4. The van der Waals surface area contributed by atoms with Crippen LogP contribution < -0.4 is 10.0 Å². The van der Waals surface area contributed by atoms with E-state index < -0.39 is 10.0 Å². The number of halogens is 1. The van der Waals surface area contributed by atoms with E-state index in [2.05, 4.69) is 26.0 Å². The Morgan fingerprint density at radius 3 is 2.58 bits per heavy atom. The molecule has 2 rings (SSSR count). The highest BCUT2D eigenvalue weighted by Gasteiger charge is 2.15. The summed E-state index contributed by atoms with van der Waals surface area (Å²) in [5.74, 6) is -0.258. The normalized spacial score (nSPS) is 11.2.